The highest BCUT2D eigenvalue weighted by Gasteiger charge is 2.33. The van der Waals surface area contributed by atoms with Gasteiger partial charge in [-0.3, -0.25) is 4.79 Å². The SMILES string of the molecule is CCC1c2ccsc2CCN1C(=O)c1ccccc1S(=O)(=O)CC. The Morgan fingerprint density at radius 3 is 2.71 bits per heavy atom. The zero-order valence-corrected chi connectivity index (χ0v) is 15.5. The topological polar surface area (TPSA) is 54.5 Å². The summed E-state index contributed by atoms with van der Waals surface area (Å²) in [6, 6.07) is 8.66. The molecule has 0 spiro atoms. The first-order valence-corrected chi connectivity index (χ1v) is 10.7. The van der Waals surface area contributed by atoms with Crippen LogP contribution in [-0.4, -0.2) is 31.5 Å². The van der Waals surface area contributed by atoms with Crippen molar-refractivity contribution in [3.05, 3.63) is 51.7 Å². The third kappa shape index (κ3) is 2.89. The maximum Gasteiger partial charge on any atom is 0.255 e. The fraction of sp³-hybridized carbons (Fsp3) is 0.389. The van der Waals surface area contributed by atoms with E-state index in [1.165, 1.54) is 16.5 Å². The van der Waals surface area contributed by atoms with Crippen LogP contribution in [0.5, 0.6) is 0 Å². The van der Waals surface area contributed by atoms with Crippen LogP contribution in [0.15, 0.2) is 40.6 Å². The Morgan fingerprint density at radius 2 is 2.00 bits per heavy atom. The van der Waals surface area contributed by atoms with Gasteiger partial charge in [0.05, 0.1) is 22.3 Å². The smallest absolute Gasteiger partial charge is 0.255 e. The van der Waals surface area contributed by atoms with Crippen molar-refractivity contribution in [3.8, 4) is 0 Å². The Hall–Kier alpha value is -1.66. The molecule has 0 bridgehead atoms. The molecule has 24 heavy (non-hydrogen) atoms. The quantitative estimate of drug-likeness (QED) is 0.832. The predicted molar refractivity (Wildman–Crippen MR) is 96.3 cm³/mol. The number of amides is 1. The van der Waals surface area contributed by atoms with Crippen molar-refractivity contribution >= 4 is 27.1 Å². The monoisotopic (exact) mass is 363 g/mol. The Kier molecular flexibility index (Phi) is 4.78. The van der Waals surface area contributed by atoms with E-state index in [2.05, 4.69) is 18.4 Å². The third-order valence-corrected chi connectivity index (χ3v) is 7.36. The summed E-state index contributed by atoms with van der Waals surface area (Å²) in [4.78, 5) is 16.5. The zero-order chi connectivity index (χ0) is 17.3. The number of hydrogen-bond donors (Lipinski definition) is 0. The summed E-state index contributed by atoms with van der Waals surface area (Å²) in [5, 5.41) is 2.07. The first-order valence-electron chi connectivity index (χ1n) is 8.18. The fourth-order valence-electron chi connectivity index (χ4n) is 3.30. The molecule has 4 nitrogen and oxygen atoms in total. The molecule has 3 rings (SSSR count). The summed E-state index contributed by atoms with van der Waals surface area (Å²) >= 11 is 1.73. The van der Waals surface area contributed by atoms with Crippen LogP contribution in [0.3, 0.4) is 0 Å². The summed E-state index contributed by atoms with van der Waals surface area (Å²) in [5.41, 5.74) is 1.49. The number of thiophene rings is 1. The van der Waals surface area contributed by atoms with Crippen LogP contribution in [0, 0.1) is 0 Å². The van der Waals surface area contributed by atoms with E-state index in [1.807, 2.05) is 4.90 Å². The van der Waals surface area contributed by atoms with Gasteiger partial charge in [0.1, 0.15) is 0 Å². The number of hydrogen-bond acceptors (Lipinski definition) is 4. The molecule has 1 atom stereocenters. The molecule has 0 radical (unpaired) electrons. The maximum atomic E-state index is 13.1. The largest absolute Gasteiger partial charge is 0.331 e. The lowest BCUT2D eigenvalue weighted by Gasteiger charge is -2.35. The molecule has 6 heteroatoms. The first-order chi connectivity index (χ1) is 11.5. The third-order valence-electron chi connectivity index (χ3n) is 4.57. The molecule has 0 N–H and O–H groups in total. The van der Waals surface area contributed by atoms with Crippen LogP contribution in [0.1, 0.15) is 47.1 Å². The average molecular weight is 364 g/mol. The number of carbonyl (C=O) groups excluding carboxylic acids is 1. The van der Waals surface area contributed by atoms with E-state index in [0.717, 1.165) is 12.8 Å². The second-order valence-corrected chi connectivity index (χ2v) is 9.12. The molecule has 1 unspecified atom stereocenters. The Balaban J connectivity index is 2.02. The van der Waals surface area contributed by atoms with Gasteiger partial charge in [0.15, 0.2) is 9.84 Å². The molecule has 1 aliphatic heterocycles. The van der Waals surface area contributed by atoms with Gasteiger partial charge in [-0.15, -0.1) is 11.3 Å². The minimum Gasteiger partial charge on any atom is -0.331 e. The lowest BCUT2D eigenvalue weighted by Crippen LogP contribution is -2.39. The summed E-state index contributed by atoms with van der Waals surface area (Å²) in [6.45, 7) is 4.29. The van der Waals surface area contributed by atoms with E-state index in [-0.39, 0.29) is 28.2 Å². The Labute approximate surface area is 147 Å². The summed E-state index contributed by atoms with van der Waals surface area (Å²) < 4.78 is 24.7. The van der Waals surface area contributed by atoms with Gasteiger partial charge in [0.2, 0.25) is 0 Å². The van der Waals surface area contributed by atoms with E-state index >= 15 is 0 Å². The van der Waals surface area contributed by atoms with Crippen molar-refractivity contribution in [1.29, 1.82) is 0 Å². The van der Waals surface area contributed by atoms with Crippen molar-refractivity contribution in [2.45, 2.75) is 37.6 Å². The maximum absolute atomic E-state index is 13.1. The Morgan fingerprint density at radius 1 is 1.25 bits per heavy atom. The van der Waals surface area contributed by atoms with Crippen molar-refractivity contribution in [1.82, 2.24) is 4.90 Å². The van der Waals surface area contributed by atoms with Gasteiger partial charge in [-0.1, -0.05) is 26.0 Å². The van der Waals surface area contributed by atoms with Crippen molar-refractivity contribution < 1.29 is 13.2 Å². The normalized spacial score (nSPS) is 17.6. The molecule has 2 heterocycles. The van der Waals surface area contributed by atoms with Crippen LogP contribution in [-0.2, 0) is 16.3 Å². The van der Waals surface area contributed by atoms with Gasteiger partial charge in [0, 0.05) is 11.4 Å². The predicted octanol–water partition coefficient (Wildman–Crippen LogP) is 3.69. The molecular formula is C18H21NO3S2. The van der Waals surface area contributed by atoms with E-state index < -0.39 is 9.84 Å². The molecule has 1 aromatic carbocycles. The van der Waals surface area contributed by atoms with Crippen LogP contribution >= 0.6 is 11.3 Å². The molecule has 0 aliphatic carbocycles. The number of benzene rings is 1. The van der Waals surface area contributed by atoms with Gasteiger partial charge < -0.3 is 4.90 Å². The minimum absolute atomic E-state index is 0.0107. The number of carbonyl (C=O) groups is 1. The van der Waals surface area contributed by atoms with Gasteiger partial charge >= 0.3 is 0 Å². The van der Waals surface area contributed by atoms with Crippen molar-refractivity contribution in [2.24, 2.45) is 0 Å². The van der Waals surface area contributed by atoms with Crippen molar-refractivity contribution in [3.63, 3.8) is 0 Å². The molecule has 1 aliphatic rings. The molecule has 2 aromatic rings. The molecule has 0 fully saturated rings. The summed E-state index contributed by atoms with van der Waals surface area (Å²) in [5.74, 6) is -0.199. The van der Waals surface area contributed by atoms with Crippen LogP contribution in [0.4, 0.5) is 0 Å². The van der Waals surface area contributed by atoms with E-state index in [9.17, 15) is 13.2 Å². The zero-order valence-electron chi connectivity index (χ0n) is 13.9. The number of sulfone groups is 1. The summed E-state index contributed by atoms with van der Waals surface area (Å²) in [7, 11) is -3.43. The van der Waals surface area contributed by atoms with Gasteiger partial charge in [-0.05, 0) is 42.0 Å². The van der Waals surface area contributed by atoms with Gasteiger partial charge in [0.25, 0.3) is 5.91 Å². The lowest BCUT2D eigenvalue weighted by atomic mass is 9.97. The summed E-state index contributed by atoms with van der Waals surface area (Å²) in [6.07, 6.45) is 1.65. The first kappa shape index (κ1) is 17.2. The molecular weight excluding hydrogens is 342 g/mol. The average Bonchev–Trinajstić information content (AvgIpc) is 3.09. The number of nitrogens with zero attached hydrogens (tertiary/aromatic N) is 1. The van der Waals surface area contributed by atoms with Crippen LogP contribution in [0.25, 0.3) is 0 Å². The van der Waals surface area contributed by atoms with E-state index in [1.54, 1.807) is 36.5 Å². The molecule has 1 aromatic heterocycles. The van der Waals surface area contributed by atoms with Gasteiger partial charge in [-0.2, -0.15) is 0 Å². The lowest BCUT2D eigenvalue weighted by molar-refractivity contribution is 0.0653. The molecule has 128 valence electrons. The van der Waals surface area contributed by atoms with Crippen LogP contribution in [0.2, 0.25) is 0 Å². The van der Waals surface area contributed by atoms with Crippen molar-refractivity contribution in [2.75, 3.05) is 12.3 Å². The molecule has 0 saturated heterocycles. The Bertz CT molecular complexity index is 855. The molecule has 1 amide bonds. The fourth-order valence-corrected chi connectivity index (χ4v) is 5.32. The van der Waals surface area contributed by atoms with E-state index in [4.69, 9.17) is 0 Å². The highest BCUT2D eigenvalue weighted by atomic mass is 32.2. The number of fused-ring (bicyclic) bond motifs is 1. The van der Waals surface area contributed by atoms with Gasteiger partial charge in [-0.25, -0.2) is 8.42 Å². The minimum atomic E-state index is -3.43. The second kappa shape index (κ2) is 6.69. The highest BCUT2D eigenvalue weighted by molar-refractivity contribution is 7.91. The highest BCUT2D eigenvalue weighted by Crippen LogP contribution is 2.36. The van der Waals surface area contributed by atoms with E-state index in [0.29, 0.717) is 6.54 Å². The standard InChI is InChI=1S/C18H21NO3S2/c1-3-15-13-10-12-23-16(13)9-11-19(15)18(20)14-7-5-6-8-17(14)24(21,22)4-2/h5-8,10,12,15H,3-4,9,11H2,1-2H3. The molecule has 0 saturated carbocycles. The van der Waals surface area contributed by atoms with Crippen LogP contribution < -0.4 is 0 Å². The number of rotatable bonds is 4. The second-order valence-electron chi connectivity index (χ2n) is 5.87.